The summed E-state index contributed by atoms with van der Waals surface area (Å²) < 4.78 is 11.2. The smallest absolute Gasteiger partial charge is 0.292 e. The van der Waals surface area contributed by atoms with Gasteiger partial charge in [-0.15, -0.1) is 0 Å². The Morgan fingerprint density at radius 1 is 0.933 bits per heavy atom. The van der Waals surface area contributed by atoms with Gasteiger partial charge in [-0.3, -0.25) is 9.59 Å². The molecule has 0 aliphatic carbocycles. The number of benzene rings is 3. The Balaban J connectivity index is 1.46. The Labute approximate surface area is 172 Å². The molecule has 0 radical (unpaired) electrons. The van der Waals surface area contributed by atoms with Crippen LogP contribution >= 0.6 is 0 Å². The Kier molecular flexibility index (Phi) is 5.48. The van der Waals surface area contributed by atoms with E-state index in [0.29, 0.717) is 28.0 Å². The molecule has 4 rings (SSSR count). The maximum absolute atomic E-state index is 12.8. The molecule has 150 valence electrons. The van der Waals surface area contributed by atoms with Crippen LogP contribution in [0.25, 0.3) is 22.1 Å². The lowest BCUT2D eigenvalue weighted by Crippen LogP contribution is -2.34. The van der Waals surface area contributed by atoms with Crippen molar-refractivity contribution in [2.45, 2.75) is 0 Å². The number of carbonyl (C=O) groups is 1. The predicted octanol–water partition coefficient (Wildman–Crippen LogP) is 4.29. The van der Waals surface area contributed by atoms with E-state index in [9.17, 15) is 9.59 Å². The Morgan fingerprint density at radius 3 is 2.37 bits per heavy atom. The van der Waals surface area contributed by atoms with Gasteiger partial charge < -0.3 is 14.0 Å². The predicted molar refractivity (Wildman–Crippen MR) is 113 cm³/mol. The van der Waals surface area contributed by atoms with Gasteiger partial charge in [0.05, 0.1) is 10.9 Å². The Hall–Kier alpha value is -4.06. The number of hydrogen-bond acceptors (Lipinski definition) is 5. The minimum Gasteiger partial charge on any atom is -0.484 e. The third kappa shape index (κ3) is 4.17. The van der Waals surface area contributed by atoms with Crippen LogP contribution in [0.4, 0.5) is 0 Å². The highest BCUT2D eigenvalue weighted by molar-refractivity contribution is 5.83. The van der Waals surface area contributed by atoms with Crippen molar-refractivity contribution >= 4 is 16.9 Å². The van der Waals surface area contributed by atoms with Crippen LogP contribution in [0.3, 0.4) is 0 Å². The SMILES string of the molecule is CN(Oc1ccccc1)C(=O)COc1ccc2c(=O)c(-c3ccccc3)coc2c1. The third-order valence-electron chi connectivity index (χ3n) is 4.53. The molecule has 1 heterocycles. The lowest BCUT2D eigenvalue weighted by Gasteiger charge is -2.17. The summed E-state index contributed by atoms with van der Waals surface area (Å²) >= 11 is 0. The van der Waals surface area contributed by atoms with Crippen LogP contribution in [0.15, 0.2) is 94.3 Å². The molecule has 0 saturated heterocycles. The lowest BCUT2D eigenvalue weighted by atomic mass is 10.1. The fourth-order valence-corrected chi connectivity index (χ4v) is 2.94. The molecular weight excluding hydrogens is 382 g/mol. The summed E-state index contributed by atoms with van der Waals surface area (Å²) in [5.41, 5.74) is 1.55. The summed E-state index contributed by atoms with van der Waals surface area (Å²) in [6.07, 6.45) is 1.44. The van der Waals surface area contributed by atoms with Crippen molar-refractivity contribution in [3.8, 4) is 22.6 Å². The van der Waals surface area contributed by atoms with Gasteiger partial charge in [-0.05, 0) is 29.8 Å². The Morgan fingerprint density at radius 2 is 1.63 bits per heavy atom. The molecule has 1 amide bonds. The summed E-state index contributed by atoms with van der Waals surface area (Å²) in [7, 11) is 1.52. The summed E-state index contributed by atoms with van der Waals surface area (Å²) in [5, 5.41) is 1.56. The summed E-state index contributed by atoms with van der Waals surface area (Å²) in [6, 6.07) is 23.2. The van der Waals surface area contributed by atoms with Gasteiger partial charge in [0.2, 0.25) is 0 Å². The van der Waals surface area contributed by atoms with Crippen molar-refractivity contribution in [1.29, 1.82) is 0 Å². The summed E-state index contributed by atoms with van der Waals surface area (Å²) in [4.78, 5) is 30.5. The first-order chi connectivity index (χ1) is 14.6. The van der Waals surface area contributed by atoms with Gasteiger partial charge in [0.1, 0.15) is 17.6 Å². The van der Waals surface area contributed by atoms with Gasteiger partial charge in [0, 0.05) is 13.1 Å². The first-order valence-corrected chi connectivity index (χ1v) is 9.35. The highest BCUT2D eigenvalue weighted by Gasteiger charge is 2.13. The molecular formula is C24H19NO5. The van der Waals surface area contributed by atoms with Crippen LogP contribution in [0.5, 0.6) is 11.5 Å². The maximum Gasteiger partial charge on any atom is 0.292 e. The van der Waals surface area contributed by atoms with Crippen molar-refractivity contribution in [3.63, 3.8) is 0 Å². The van der Waals surface area contributed by atoms with Gasteiger partial charge in [-0.1, -0.05) is 48.5 Å². The Bertz CT molecular complexity index is 1220. The fraction of sp³-hybridized carbons (Fsp3) is 0.0833. The van der Waals surface area contributed by atoms with Gasteiger partial charge in [0.25, 0.3) is 5.91 Å². The molecule has 3 aromatic carbocycles. The number of amides is 1. The number of rotatable bonds is 6. The number of fused-ring (bicyclic) bond motifs is 1. The van der Waals surface area contributed by atoms with Crippen LogP contribution in [0.2, 0.25) is 0 Å². The molecule has 4 aromatic rings. The van der Waals surface area contributed by atoms with Crippen molar-refractivity contribution in [2.24, 2.45) is 0 Å². The van der Waals surface area contributed by atoms with E-state index in [4.69, 9.17) is 14.0 Å². The van der Waals surface area contributed by atoms with E-state index in [-0.39, 0.29) is 17.9 Å². The number of ether oxygens (including phenoxy) is 1. The molecule has 0 bridgehead atoms. The molecule has 0 aliphatic rings. The largest absolute Gasteiger partial charge is 0.484 e. The van der Waals surface area contributed by atoms with Gasteiger partial charge >= 0.3 is 0 Å². The first-order valence-electron chi connectivity index (χ1n) is 9.35. The number of likely N-dealkylation sites (N-methyl/N-ethyl adjacent to an activating group) is 1. The van der Waals surface area contributed by atoms with Crippen LogP contribution in [0.1, 0.15) is 0 Å². The van der Waals surface area contributed by atoms with Crippen molar-refractivity contribution in [1.82, 2.24) is 5.06 Å². The van der Waals surface area contributed by atoms with E-state index in [2.05, 4.69) is 0 Å². The number of nitrogens with zero attached hydrogens (tertiary/aromatic N) is 1. The molecule has 0 fully saturated rings. The van der Waals surface area contributed by atoms with E-state index in [1.165, 1.54) is 13.3 Å². The van der Waals surface area contributed by atoms with E-state index in [0.717, 1.165) is 10.6 Å². The molecule has 1 aromatic heterocycles. The highest BCUT2D eigenvalue weighted by atomic mass is 16.7. The van der Waals surface area contributed by atoms with Crippen LogP contribution in [0, 0.1) is 0 Å². The van der Waals surface area contributed by atoms with Crippen LogP contribution < -0.4 is 15.0 Å². The first kappa shape index (κ1) is 19.3. The molecule has 0 N–H and O–H groups in total. The molecule has 0 atom stereocenters. The minimum absolute atomic E-state index is 0.124. The van der Waals surface area contributed by atoms with Gasteiger partial charge in [-0.25, -0.2) is 0 Å². The monoisotopic (exact) mass is 401 g/mol. The third-order valence-corrected chi connectivity index (χ3v) is 4.53. The second kappa shape index (κ2) is 8.53. The minimum atomic E-state index is -0.361. The van der Waals surface area contributed by atoms with Crippen molar-refractivity contribution < 1.29 is 18.8 Å². The van der Waals surface area contributed by atoms with Crippen molar-refractivity contribution in [3.05, 3.63) is 95.3 Å². The molecule has 0 aliphatic heterocycles. The second-order valence-electron chi connectivity index (χ2n) is 6.59. The molecule has 6 heteroatoms. The number of hydrogen-bond donors (Lipinski definition) is 0. The zero-order chi connectivity index (χ0) is 20.9. The van der Waals surface area contributed by atoms with Crippen LogP contribution in [-0.4, -0.2) is 24.6 Å². The number of hydroxylamine groups is 2. The maximum atomic E-state index is 12.8. The van der Waals surface area contributed by atoms with E-state index >= 15 is 0 Å². The van der Waals surface area contributed by atoms with Gasteiger partial charge in [-0.2, -0.15) is 5.06 Å². The standard InChI is InChI=1S/C24H19NO5/c1-25(30-18-10-6-3-7-11-18)23(26)16-28-19-12-13-20-22(14-19)29-15-21(24(20)27)17-8-4-2-5-9-17/h2-15H,16H2,1H3. The second-order valence-corrected chi connectivity index (χ2v) is 6.59. The topological polar surface area (TPSA) is 69.0 Å². The van der Waals surface area contributed by atoms with E-state index in [1.807, 2.05) is 48.5 Å². The summed E-state index contributed by atoms with van der Waals surface area (Å²) in [6.45, 7) is -0.221. The average Bonchev–Trinajstić information content (AvgIpc) is 2.79. The molecule has 0 unspecified atom stereocenters. The molecule has 6 nitrogen and oxygen atoms in total. The normalized spacial score (nSPS) is 10.6. The van der Waals surface area contributed by atoms with E-state index in [1.54, 1.807) is 30.3 Å². The summed E-state index contributed by atoms with van der Waals surface area (Å²) in [5.74, 6) is 0.606. The zero-order valence-corrected chi connectivity index (χ0v) is 16.3. The van der Waals surface area contributed by atoms with Crippen molar-refractivity contribution in [2.75, 3.05) is 13.7 Å². The average molecular weight is 401 g/mol. The highest BCUT2D eigenvalue weighted by Crippen LogP contribution is 2.23. The van der Waals surface area contributed by atoms with Crippen LogP contribution in [-0.2, 0) is 4.79 Å². The molecule has 30 heavy (non-hydrogen) atoms. The zero-order valence-electron chi connectivity index (χ0n) is 16.3. The lowest BCUT2D eigenvalue weighted by molar-refractivity contribution is -0.154. The van der Waals surface area contributed by atoms with E-state index < -0.39 is 0 Å². The number of carbonyl (C=O) groups excluding carboxylic acids is 1. The molecule has 0 saturated carbocycles. The fourth-order valence-electron chi connectivity index (χ4n) is 2.94. The van der Waals surface area contributed by atoms with Gasteiger partial charge in [0.15, 0.2) is 17.8 Å². The number of para-hydroxylation sites is 1. The quantitative estimate of drug-likeness (QED) is 0.451. The molecule has 0 spiro atoms.